The molecule has 158 valence electrons. The highest BCUT2D eigenvalue weighted by Crippen LogP contribution is 2.44. The van der Waals surface area contributed by atoms with Gasteiger partial charge in [-0.2, -0.15) is 0 Å². The molecule has 1 aromatic carbocycles. The monoisotopic (exact) mass is 427 g/mol. The lowest BCUT2D eigenvalue weighted by Crippen LogP contribution is -2.37. The van der Waals surface area contributed by atoms with Crippen LogP contribution in [0.15, 0.2) is 6.07 Å². The number of fused-ring (bicyclic) bond motifs is 1. The lowest BCUT2D eigenvalue weighted by Gasteiger charge is -2.21. The highest BCUT2D eigenvalue weighted by molar-refractivity contribution is 6.35. The molecule has 1 atom stereocenters. The maximum Gasteiger partial charge on any atom is 0.321 e. The second kappa shape index (κ2) is 8.49. The molecule has 9 heteroatoms. The number of rotatable bonds is 7. The molecule has 7 nitrogen and oxygen atoms in total. The average Bonchev–Trinajstić information content (AvgIpc) is 2.87. The van der Waals surface area contributed by atoms with E-state index in [0.29, 0.717) is 5.56 Å². The Morgan fingerprint density at radius 2 is 1.69 bits per heavy atom. The number of esters is 2. The van der Waals surface area contributed by atoms with Crippen molar-refractivity contribution < 1.29 is 33.0 Å². The van der Waals surface area contributed by atoms with Gasteiger partial charge in [-0.05, 0) is 39.3 Å². The first-order valence-electron chi connectivity index (χ1n) is 9.20. The Morgan fingerprint density at radius 3 is 2.17 bits per heavy atom. The van der Waals surface area contributed by atoms with E-state index in [2.05, 4.69) is 5.32 Å². The number of Topliss-reactive ketones (excluding diaryl/α,β-unsaturated/α-hetero) is 1. The summed E-state index contributed by atoms with van der Waals surface area (Å²) in [6.45, 7) is 7.64. The molecule has 1 amide bonds. The van der Waals surface area contributed by atoms with Crippen LogP contribution >= 0.6 is 11.6 Å². The Labute approximate surface area is 172 Å². The molecule has 0 aliphatic carbocycles. The first-order valence-corrected chi connectivity index (χ1v) is 9.58. The number of ether oxygens (including phenoxy) is 2. The van der Waals surface area contributed by atoms with Gasteiger partial charge in [-0.15, -0.1) is 0 Å². The fourth-order valence-electron chi connectivity index (χ4n) is 3.18. The SMILES string of the molecule is CCOC(=O)C(C(=O)OCC)C(C)C(=O)c1cc2c(c(Cl)c1F)NC(=O)C2(C)C. The fourth-order valence-corrected chi connectivity index (χ4v) is 3.43. The van der Waals surface area contributed by atoms with Crippen molar-refractivity contribution in [2.24, 2.45) is 11.8 Å². The molecule has 2 rings (SSSR count). The minimum Gasteiger partial charge on any atom is -0.465 e. The summed E-state index contributed by atoms with van der Waals surface area (Å²) in [7, 11) is 0. The first kappa shape index (κ1) is 22.8. The minimum atomic E-state index is -1.55. The molecule has 1 heterocycles. The van der Waals surface area contributed by atoms with E-state index < -0.39 is 51.4 Å². The standard InChI is InChI=1S/C20H23ClFNO6/c1-6-28-17(25)12(18(26)29-7-2)9(3)16(24)10-8-11-15(13(21)14(10)22)23-19(27)20(11,4)5/h8-9,12H,6-7H2,1-5H3,(H,23,27). The molecule has 1 aromatic rings. The largest absolute Gasteiger partial charge is 0.465 e. The van der Waals surface area contributed by atoms with Gasteiger partial charge in [-0.3, -0.25) is 19.2 Å². The third kappa shape index (κ3) is 3.99. The molecular weight excluding hydrogens is 405 g/mol. The third-order valence-corrected chi connectivity index (χ3v) is 5.30. The van der Waals surface area contributed by atoms with Crippen molar-refractivity contribution in [2.75, 3.05) is 18.5 Å². The van der Waals surface area contributed by atoms with Crippen molar-refractivity contribution in [1.29, 1.82) is 0 Å². The minimum absolute atomic E-state index is 0.00332. The summed E-state index contributed by atoms with van der Waals surface area (Å²) < 4.78 is 24.6. The van der Waals surface area contributed by atoms with E-state index in [1.165, 1.54) is 13.0 Å². The smallest absolute Gasteiger partial charge is 0.321 e. The maximum absolute atomic E-state index is 14.9. The lowest BCUT2D eigenvalue weighted by molar-refractivity contribution is -0.163. The zero-order valence-corrected chi connectivity index (χ0v) is 17.6. The van der Waals surface area contributed by atoms with Crippen LogP contribution in [0.25, 0.3) is 0 Å². The average molecular weight is 428 g/mol. The third-order valence-electron chi connectivity index (χ3n) is 4.95. The summed E-state index contributed by atoms with van der Waals surface area (Å²) in [5.74, 6) is -6.94. The van der Waals surface area contributed by atoms with Gasteiger partial charge in [-0.25, -0.2) is 4.39 Å². The number of nitrogens with one attached hydrogen (secondary N) is 1. The number of halogens is 2. The van der Waals surface area contributed by atoms with Gasteiger partial charge in [0.25, 0.3) is 0 Å². The predicted molar refractivity (Wildman–Crippen MR) is 103 cm³/mol. The van der Waals surface area contributed by atoms with Crippen LogP contribution in [0.2, 0.25) is 5.02 Å². The van der Waals surface area contributed by atoms with Gasteiger partial charge in [0.05, 0.1) is 29.9 Å². The molecule has 0 saturated heterocycles. The molecule has 0 fully saturated rings. The van der Waals surface area contributed by atoms with E-state index in [9.17, 15) is 23.6 Å². The van der Waals surface area contributed by atoms with Crippen molar-refractivity contribution in [1.82, 2.24) is 0 Å². The molecule has 0 spiro atoms. The van der Waals surface area contributed by atoms with Gasteiger partial charge >= 0.3 is 11.9 Å². The highest BCUT2D eigenvalue weighted by Gasteiger charge is 2.44. The molecule has 1 aliphatic heterocycles. The molecule has 1 unspecified atom stereocenters. The number of ketones is 1. The van der Waals surface area contributed by atoms with Crippen LogP contribution in [-0.4, -0.2) is 36.8 Å². The van der Waals surface area contributed by atoms with Gasteiger partial charge in [0.15, 0.2) is 17.5 Å². The van der Waals surface area contributed by atoms with E-state index in [-0.39, 0.29) is 24.8 Å². The van der Waals surface area contributed by atoms with Crippen molar-refractivity contribution in [3.63, 3.8) is 0 Å². The fraction of sp³-hybridized carbons (Fsp3) is 0.500. The number of benzene rings is 1. The summed E-state index contributed by atoms with van der Waals surface area (Å²) >= 11 is 6.06. The summed E-state index contributed by atoms with van der Waals surface area (Å²) in [5.41, 5.74) is -0.986. The number of hydrogen-bond donors (Lipinski definition) is 1. The molecule has 1 N–H and O–H groups in total. The van der Waals surface area contributed by atoms with Crippen molar-refractivity contribution in [2.45, 2.75) is 40.0 Å². The van der Waals surface area contributed by atoms with Crippen LogP contribution in [-0.2, 0) is 29.3 Å². The maximum atomic E-state index is 14.9. The summed E-state index contributed by atoms with van der Waals surface area (Å²) in [6, 6.07) is 1.24. The Bertz CT molecular complexity index is 864. The van der Waals surface area contributed by atoms with Crippen LogP contribution in [0, 0.1) is 17.7 Å². The van der Waals surface area contributed by atoms with Crippen LogP contribution in [0.4, 0.5) is 10.1 Å². The molecular formula is C20H23ClFNO6. The van der Waals surface area contributed by atoms with Crippen LogP contribution in [0.1, 0.15) is 50.5 Å². The summed E-state index contributed by atoms with van der Waals surface area (Å²) in [6.07, 6.45) is 0. The number of anilines is 1. The normalized spacial score (nSPS) is 15.5. The first-order chi connectivity index (χ1) is 13.5. The van der Waals surface area contributed by atoms with Gasteiger partial charge in [0.1, 0.15) is 5.02 Å². The molecule has 0 bridgehead atoms. The second-order valence-electron chi connectivity index (χ2n) is 7.19. The Kier molecular flexibility index (Phi) is 6.67. The van der Waals surface area contributed by atoms with Gasteiger partial charge in [0, 0.05) is 5.92 Å². The molecule has 0 aromatic heterocycles. The molecule has 0 radical (unpaired) electrons. The van der Waals surface area contributed by atoms with Crippen molar-refractivity contribution >= 4 is 40.9 Å². The van der Waals surface area contributed by atoms with Crippen molar-refractivity contribution in [3.8, 4) is 0 Å². The molecule has 0 saturated carbocycles. The van der Waals surface area contributed by atoms with Gasteiger partial charge < -0.3 is 14.8 Å². The summed E-state index contributed by atoms with van der Waals surface area (Å²) in [4.78, 5) is 49.8. The van der Waals surface area contributed by atoms with E-state index >= 15 is 0 Å². The Morgan fingerprint density at radius 1 is 1.17 bits per heavy atom. The quantitative estimate of drug-likeness (QED) is 0.407. The van der Waals surface area contributed by atoms with Crippen LogP contribution < -0.4 is 5.32 Å². The highest BCUT2D eigenvalue weighted by atomic mass is 35.5. The Hall–Kier alpha value is -2.48. The molecule has 29 heavy (non-hydrogen) atoms. The summed E-state index contributed by atoms with van der Waals surface area (Å²) in [5, 5.41) is 2.11. The van der Waals surface area contributed by atoms with Gasteiger partial charge in [-0.1, -0.05) is 18.5 Å². The number of carbonyl (C=O) groups is 4. The van der Waals surface area contributed by atoms with E-state index in [1.807, 2.05) is 0 Å². The van der Waals surface area contributed by atoms with Gasteiger partial charge in [0.2, 0.25) is 5.91 Å². The number of hydrogen-bond acceptors (Lipinski definition) is 6. The predicted octanol–water partition coefficient (Wildman–Crippen LogP) is 3.27. The van der Waals surface area contributed by atoms with E-state index in [0.717, 1.165) is 0 Å². The van der Waals surface area contributed by atoms with E-state index in [4.69, 9.17) is 21.1 Å². The number of carbonyl (C=O) groups excluding carboxylic acids is 4. The zero-order valence-electron chi connectivity index (χ0n) is 16.9. The molecule has 1 aliphatic rings. The lowest BCUT2D eigenvalue weighted by atomic mass is 9.82. The van der Waals surface area contributed by atoms with Crippen LogP contribution in [0.3, 0.4) is 0 Å². The van der Waals surface area contributed by atoms with Crippen LogP contribution in [0.5, 0.6) is 0 Å². The number of amides is 1. The van der Waals surface area contributed by atoms with Crippen molar-refractivity contribution in [3.05, 3.63) is 28.0 Å². The Balaban J connectivity index is 2.51. The topological polar surface area (TPSA) is 98.8 Å². The van der Waals surface area contributed by atoms with E-state index in [1.54, 1.807) is 27.7 Å². The zero-order chi connectivity index (χ0) is 22.1. The second-order valence-corrected chi connectivity index (χ2v) is 7.57.